The van der Waals surface area contributed by atoms with Gasteiger partial charge in [0.15, 0.2) is 12.4 Å². The van der Waals surface area contributed by atoms with Crippen LogP contribution in [-0.2, 0) is 19.1 Å². The summed E-state index contributed by atoms with van der Waals surface area (Å²) in [6, 6.07) is 0. The van der Waals surface area contributed by atoms with E-state index in [4.69, 9.17) is 15.2 Å². The van der Waals surface area contributed by atoms with E-state index >= 15 is 0 Å². The number of Topliss-reactive ketones (excluding diaryl/α,β-unsaturated/α-hetero) is 1. The van der Waals surface area contributed by atoms with Gasteiger partial charge in [-0.05, 0) is 87.2 Å². The number of hydrogen-bond acceptors (Lipinski definition) is 8. The lowest BCUT2D eigenvalue weighted by molar-refractivity contribution is -0.182. The predicted molar refractivity (Wildman–Crippen MR) is 124 cm³/mol. The van der Waals surface area contributed by atoms with Crippen LogP contribution in [0.4, 0.5) is 4.79 Å². The van der Waals surface area contributed by atoms with Crippen LogP contribution in [0.5, 0.6) is 0 Å². The molecule has 0 aliphatic heterocycles. The number of fused-ring (bicyclic) bond motifs is 5. The van der Waals surface area contributed by atoms with Crippen LogP contribution < -0.4 is 5.73 Å². The number of carbonyl (C=O) groups is 3. The minimum Gasteiger partial charge on any atom is -0.434 e. The van der Waals surface area contributed by atoms with Gasteiger partial charge in [0.2, 0.25) is 5.78 Å². The van der Waals surface area contributed by atoms with Crippen molar-refractivity contribution in [3.05, 3.63) is 11.6 Å². The maximum Gasteiger partial charge on any atom is 0.508 e. The van der Waals surface area contributed by atoms with Gasteiger partial charge in [-0.3, -0.25) is 9.59 Å². The second-order valence-corrected chi connectivity index (χ2v) is 11.3. The van der Waals surface area contributed by atoms with E-state index in [1.54, 1.807) is 6.08 Å². The van der Waals surface area contributed by atoms with Gasteiger partial charge in [0.05, 0.1) is 12.7 Å². The van der Waals surface area contributed by atoms with Gasteiger partial charge in [0.25, 0.3) is 0 Å². The fourth-order valence-electron chi connectivity index (χ4n) is 7.84. The van der Waals surface area contributed by atoms with Crippen molar-refractivity contribution in [1.29, 1.82) is 0 Å². The van der Waals surface area contributed by atoms with E-state index in [0.29, 0.717) is 32.2 Å². The van der Waals surface area contributed by atoms with Crippen LogP contribution in [0.15, 0.2) is 11.6 Å². The first-order chi connectivity index (χ1) is 16.1. The molecule has 4 aliphatic rings. The van der Waals surface area contributed by atoms with Crippen molar-refractivity contribution in [2.75, 3.05) is 19.8 Å². The summed E-state index contributed by atoms with van der Waals surface area (Å²) in [4.78, 5) is 37.1. The highest BCUT2D eigenvalue weighted by Crippen LogP contribution is 2.67. The molecule has 34 heavy (non-hydrogen) atoms. The standard InChI is InChI=1S/C26H39NO7/c1-24-9-7-17(28)13-16(24)5-6-18-19-8-10-26(32,25(19,2)14-20(29)22(18)24)21(30)15-34-23(31)33-12-4-3-11-27/h13,18-20,22,29,32H,3-12,14-15,27H2,1-2H3/t18-,19-,20-,22+,24-,25-,26-/m0/s1. The molecule has 0 saturated heterocycles. The van der Waals surface area contributed by atoms with Crippen LogP contribution in [0, 0.1) is 28.6 Å². The third-order valence-corrected chi connectivity index (χ3v) is 9.65. The molecule has 7 atom stereocenters. The maximum atomic E-state index is 13.2. The summed E-state index contributed by atoms with van der Waals surface area (Å²) in [5.41, 5.74) is 3.87. The Morgan fingerprint density at radius 1 is 1.15 bits per heavy atom. The van der Waals surface area contributed by atoms with Crippen LogP contribution >= 0.6 is 0 Å². The highest BCUT2D eigenvalue weighted by Gasteiger charge is 2.68. The molecule has 4 aliphatic carbocycles. The Kier molecular flexibility index (Phi) is 6.97. The van der Waals surface area contributed by atoms with Gasteiger partial charge in [0, 0.05) is 11.8 Å². The summed E-state index contributed by atoms with van der Waals surface area (Å²) in [7, 11) is 0. The smallest absolute Gasteiger partial charge is 0.434 e. The van der Waals surface area contributed by atoms with Crippen molar-refractivity contribution in [2.45, 2.75) is 83.3 Å². The first kappa shape index (κ1) is 25.3. The van der Waals surface area contributed by atoms with Crippen molar-refractivity contribution in [2.24, 2.45) is 34.3 Å². The number of hydrogen-bond donors (Lipinski definition) is 3. The number of aliphatic hydroxyl groups is 2. The maximum absolute atomic E-state index is 13.2. The SMILES string of the molecule is C[C@]12CCC(=O)C=C1CC[C@@H]1[C@@H]2[C@@H](O)C[C@@]2(C)[C@H]1CC[C@]2(O)C(=O)COC(=O)OCCCCN. The van der Waals surface area contributed by atoms with E-state index in [2.05, 4.69) is 6.92 Å². The number of rotatable bonds is 7. The molecule has 3 saturated carbocycles. The van der Waals surface area contributed by atoms with Crippen molar-refractivity contribution in [1.82, 2.24) is 0 Å². The van der Waals surface area contributed by atoms with Gasteiger partial charge in [-0.1, -0.05) is 19.4 Å². The molecule has 0 amide bonds. The molecule has 0 spiro atoms. The van der Waals surface area contributed by atoms with Crippen LogP contribution in [0.3, 0.4) is 0 Å². The third-order valence-electron chi connectivity index (χ3n) is 9.65. The third kappa shape index (κ3) is 4.01. The summed E-state index contributed by atoms with van der Waals surface area (Å²) in [5, 5.41) is 23.1. The topological polar surface area (TPSA) is 136 Å². The number of ether oxygens (including phenoxy) is 2. The van der Waals surface area contributed by atoms with Crippen LogP contribution in [0.2, 0.25) is 0 Å². The van der Waals surface area contributed by atoms with E-state index in [1.807, 2.05) is 6.92 Å². The average molecular weight is 478 g/mol. The highest BCUT2D eigenvalue weighted by atomic mass is 16.7. The Balaban J connectivity index is 1.47. The average Bonchev–Trinajstić information content (AvgIpc) is 3.06. The zero-order chi connectivity index (χ0) is 24.7. The van der Waals surface area contributed by atoms with Gasteiger partial charge < -0.3 is 25.4 Å². The van der Waals surface area contributed by atoms with Crippen LogP contribution in [-0.4, -0.2) is 59.4 Å². The molecule has 0 heterocycles. The molecular formula is C26H39NO7. The van der Waals surface area contributed by atoms with Crippen molar-refractivity contribution in [3.8, 4) is 0 Å². The number of carbonyl (C=O) groups excluding carboxylic acids is 3. The van der Waals surface area contributed by atoms with E-state index in [9.17, 15) is 24.6 Å². The van der Waals surface area contributed by atoms with Crippen molar-refractivity contribution < 1.29 is 34.1 Å². The van der Waals surface area contributed by atoms with Gasteiger partial charge in [-0.15, -0.1) is 0 Å². The van der Waals surface area contributed by atoms with Gasteiger partial charge in [-0.2, -0.15) is 0 Å². The second kappa shape index (κ2) is 9.36. The number of allylic oxidation sites excluding steroid dienone is 1. The number of nitrogens with two attached hydrogens (primary N) is 1. The van der Waals surface area contributed by atoms with Gasteiger partial charge in [0.1, 0.15) is 5.60 Å². The second-order valence-electron chi connectivity index (χ2n) is 11.3. The van der Waals surface area contributed by atoms with Gasteiger partial charge >= 0.3 is 6.16 Å². The molecule has 190 valence electrons. The Bertz CT molecular complexity index is 871. The molecular weight excluding hydrogens is 438 g/mol. The fourth-order valence-corrected chi connectivity index (χ4v) is 7.84. The molecule has 8 heteroatoms. The molecule has 0 bridgehead atoms. The molecule has 8 nitrogen and oxygen atoms in total. The molecule has 0 radical (unpaired) electrons. The monoisotopic (exact) mass is 477 g/mol. The number of unbranched alkanes of at least 4 members (excludes halogenated alkanes) is 1. The Hall–Kier alpha value is -1.77. The van der Waals surface area contributed by atoms with Crippen LogP contribution in [0.1, 0.15) is 71.6 Å². The van der Waals surface area contributed by atoms with E-state index in [1.165, 1.54) is 0 Å². The Morgan fingerprint density at radius 2 is 1.91 bits per heavy atom. The lowest BCUT2D eigenvalue weighted by Crippen LogP contribution is -2.62. The quantitative estimate of drug-likeness (QED) is 0.376. The molecule has 0 aromatic rings. The zero-order valence-electron chi connectivity index (χ0n) is 20.4. The lowest BCUT2D eigenvalue weighted by atomic mass is 9.45. The normalized spacial score (nSPS) is 41.1. The lowest BCUT2D eigenvalue weighted by Gasteiger charge is -2.60. The van der Waals surface area contributed by atoms with Crippen molar-refractivity contribution in [3.63, 3.8) is 0 Å². The minimum atomic E-state index is -1.66. The fraction of sp³-hybridized carbons (Fsp3) is 0.808. The Labute approximate surface area is 201 Å². The largest absolute Gasteiger partial charge is 0.508 e. The number of ketones is 2. The predicted octanol–water partition coefficient (Wildman–Crippen LogP) is 2.68. The first-order valence-corrected chi connectivity index (χ1v) is 12.7. The van der Waals surface area contributed by atoms with E-state index < -0.39 is 35.7 Å². The van der Waals surface area contributed by atoms with Crippen molar-refractivity contribution >= 4 is 17.7 Å². The highest BCUT2D eigenvalue weighted by molar-refractivity contribution is 5.92. The molecule has 0 aromatic carbocycles. The van der Waals surface area contributed by atoms with E-state index in [-0.39, 0.29) is 42.0 Å². The molecule has 3 fully saturated rings. The number of aliphatic hydroxyl groups excluding tert-OH is 1. The minimum absolute atomic E-state index is 0.0101. The summed E-state index contributed by atoms with van der Waals surface area (Å²) in [5.74, 6) is -0.114. The molecule has 4 rings (SSSR count). The van der Waals surface area contributed by atoms with Crippen LogP contribution in [0.25, 0.3) is 0 Å². The summed E-state index contributed by atoms with van der Waals surface area (Å²) in [6.07, 6.45) is 5.70. The summed E-state index contributed by atoms with van der Waals surface area (Å²) < 4.78 is 9.97. The van der Waals surface area contributed by atoms with Gasteiger partial charge in [-0.25, -0.2) is 4.79 Å². The van der Waals surface area contributed by atoms with E-state index in [0.717, 1.165) is 31.3 Å². The molecule has 0 aromatic heterocycles. The molecule has 4 N–H and O–H groups in total. The summed E-state index contributed by atoms with van der Waals surface area (Å²) in [6.45, 7) is 4.21. The Morgan fingerprint density at radius 3 is 2.65 bits per heavy atom. The molecule has 0 unspecified atom stereocenters. The zero-order valence-corrected chi connectivity index (χ0v) is 20.4. The summed E-state index contributed by atoms with van der Waals surface area (Å²) >= 11 is 0. The first-order valence-electron chi connectivity index (χ1n) is 12.7.